The Balaban J connectivity index is 1.50. The number of amides is 1. The lowest BCUT2D eigenvalue weighted by molar-refractivity contribution is -0.117. The third-order valence-electron chi connectivity index (χ3n) is 4.71. The van der Waals surface area contributed by atoms with E-state index in [0.29, 0.717) is 32.1 Å². The molecule has 6 nitrogen and oxygen atoms in total. The molecule has 1 heterocycles. The van der Waals surface area contributed by atoms with Crippen molar-refractivity contribution in [2.75, 3.05) is 25.1 Å². The Labute approximate surface area is 166 Å². The number of ether oxygens (including phenoxy) is 1. The van der Waals surface area contributed by atoms with Gasteiger partial charge in [0.15, 0.2) is 5.96 Å². The molecule has 0 spiro atoms. The zero-order chi connectivity index (χ0) is 19.8. The summed E-state index contributed by atoms with van der Waals surface area (Å²) in [5, 5.41) is 6.68. The van der Waals surface area contributed by atoms with E-state index in [1.807, 2.05) is 42.2 Å². The molecular formula is C22H28N4O2. The number of anilines is 1. The van der Waals surface area contributed by atoms with Crippen molar-refractivity contribution in [2.45, 2.75) is 32.5 Å². The van der Waals surface area contributed by atoms with Gasteiger partial charge in [-0.3, -0.25) is 9.79 Å². The summed E-state index contributed by atoms with van der Waals surface area (Å²) in [7, 11) is 1.74. The van der Waals surface area contributed by atoms with Crippen molar-refractivity contribution in [2.24, 2.45) is 4.99 Å². The van der Waals surface area contributed by atoms with Gasteiger partial charge in [0.2, 0.25) is 5.91 Å². The van der Waals surface area contributed by atoms with Gasteiger partial charge in [-0.2, -0.15) is 0 Å². The summed E-state index contributed by atoms with van der Waals surface area (Å²) in [4.78, 5) is 18.5. The van der Waals surface area contributed by atoms with Gasteiger partial charge in [-0.25, -0.2) is 0 Å². The second-order valence-corrected chi connectivity index (χ2v) is 6.76. The van der Waals surface area contributed by atoms with Gasteiger partial charge in [-0.05, 0) is 30.2 Å². The Morgan fingerprint density at radius 3 is 2.54 bits per heavy atom. The van der Waals surface area contributed by atoms with E-state index < -0.39 is 0 Å². The molecule has 1 aliphatic rings. The van der Waals surface area contributed by atoms with Crippen LogP contribution in [0.2, 0.25) is 0 Å². The molecule has 0 aromatic heterocycles. The van der Waals surface area contributed by atoms with Gasteiger partial charge in [0.05, 0.1) is 12.6 Å². The fraction of sp³-hybridized carbons (Fsp3) is 0.364. The average Bonchev–Trinajstić information content (AvgIpc) is 3.11. The molecule has 2 aromatic carbocycles. The summed E-state index contributed by atoms with van der Waals surface area (Å²) in [5.74, 6) is 0.829. The SMILES string of the molecule is CCOCc1ccc(CNC(=NC)NC2CC(=O)N(c3ccccc3)C2)cc1. The Morgan fingerprint density at radius 2 is 1.86 bits per heavy atom. The Kier molecular flexibility index (Phi) is 7.03. The van der Waals surface area contributed by atoms with Crippen molar-refractivity contribution in [1.29, 1.82) is 0 Å². The van der Waals surface area contributed by atoms with Crippen LogP contribution < -0.4 is 15.5 Å². The second kappa shape index (κ2) is 9.90. The van der Waals surface area contributed by atoms with E-state index in [9.17, 15) is 4.79 Å². The van der Waals surface area contributed by atoms with E-state index in [-0.39, 0.29) is 11.9 Å². The van der Waals surface area contributed by atoms with Crippen LogP contribution in [0.4, 0.5) is 5.69 Å². The van der Waals surface area contributed by atoms with Crippen LogP contribution in [0.5, 0.6) is 0 Å². The van der Waals surface area contributed by atoms with Crippen molar-refractivity contribution in [1.82, 2.24) is 10.6 Å². The van der Waals surface area contributed by atoms with Crippen LogP contribution in [-0.2, 0) is 22.7 Å². The first-order valence-corrected chi connectivity index (χ1v) is 9.67. The fourth-order valence-electron chi connectivity index (χ4n) is 3.21. The van der Waals surface area contributed by atoms with Crippen molar-refractivity contribution < 1.29 is 9.53 Å². The van der Waals surface area contributed by atoms with Crippen LogP contribution in [0.3, 0.4) is 0 Å². The number of para-hydroxylation sites is 1. The third kappa shape index (κ3) is 5.33. The Hall–Kier alpha value is -2.86. The minimum absolute atomic E-state index is 0.0347. The number of nitrogens with zero attached hydrogens (tertiary/aromatic N) is 2. The first-order valence-electron chi connectivity index (χ1n) is 9.67. The molecule has 2 aromatic rings. The Bertz CT molecular complexity index is 790. The van der Waals surface area contributed by atoms with Gasteiger partial charge in [0, 0.05) is 38.9 Å². The van der Waals surface area contributed by atoms with E-state index in [4.69, 9.17) is 4.74 Å². The number of hydrogen-bond acceptors (Lipinski definition) is 3. The molecule has 1 saturated heterocycles. The molecule has 1 aliphatic heterocycles. The highest BCUT2D eigenvalue weighted by Gasteiger charge is 2.30. The molecule has 3 rings (SSSR count). The molecule has 0 radical (unpaired) electrons. The molecule has 0 aliphatic carbocycles. The molecule has 1 amide bonds. The van der Waals surface area contributed by atoms with Gasteiger partial charge >= 0.3 is 0 Å². The van der Waals surface area contributed by atoms with E-state index in [1.54, 1.807) is 7.05 Å². The minimum Gasteiger partial charge on any atom is -0.377 e. The predicted molar refractivity (Wildman–Crippen MR) is 112 cm³/mol. The molecule has 0 bridgehead atoms. The number of hydrogen-bond donors (Lipinski definition) is 2. The zero-order valence-corrected chi connectivity index (χ0v) is 16.5. The smallest absolute Gasteiger partial charge is 0.229 e. The number of aliphatic imine (C=N–C) groups is 1. The van der Waals surface area contributed by atoms with Crippen LogP contribution in [0.25, 0.3) is 0 Å². The van der Waals surface area contributed by atoms with E-state index >= 15 is 0 Å². The maximum absolute atomic E-state index is 12.4. The highest BCUT2D eigenvalue weighted by atomic mass is 16.5. The lowest BCUT2D eigenvalue weighted by Gasteiger charge is -2.19. The zero-order valence-electron chi connectivity index (χ0n) is 16.5. The van der Waals surface area contributed by atoms with E-state index in [1.165, 1.54) is 5.56 Å². The molecule has 6 heteroatoms. The number of carbonyl (C=O) groups excluding carboxylic acids is 1. The first kappa shape index (κ1) is 19.9. The summed E-state index contributed by atoms with van der Waals surface area (Å²) >= 11 is 0. The molecular weight excluding hydrogens is 352 g/mol. The molecule has 2 N–H and O–H groups in total. The van der Waals surface area contributed by atoms with Crippen molar-refractivity contribution in [3.8, 4) is 0 Å². The minimum atomic E-state index is 0.0347. The number of guanidine groups is 1. The summed E-state index contributed by atoms with van der Waals surface area (Å²) < 4.78 is 5.42. The molecule has 1 atom stereocenters. The number of rotatable bonds is 7. The van der Waals surface area contributed by atoms with E-state index in [0.717, 1.165) is 17.9 Å². The van der Waals surface area contributed by atoms with E-state index in [2.05, 4.69) is 39.9 Å². The number of carbonyl (C=O) groups is 1. The van der Waals surface area contributed by atoms with Crippen molar-refractivity contribution in [3.63, 3.8) is 0 Å². The molecule has 148 valence electrons. The lowest BCUT2D eigenvalue weighted by atomic mass is 10.1. The molecule has 1 unspecified atom stereocenters. The topological polar surface area (TPSA) is 66.0 Å². The first-order chi connectivity index (χ1) is 13.7. The van der Waals surface area contributed by atoms with Gasteiger partial charge in [-0.1, -0.05) is 42.5 Å². The van der Waals surface area contributed by atoms with Gasteiger partial charge in [0.25, 0.3) is 0 Å². The van der Waals surface area contributed by atoms with Crippen molar-refractivity contribution >= 4 is 17.6 Å². The summed E-state index contributed by atoms with van der Waals surface area (Å²) in [5.41, 5.74) is 3.27. The second-order valence-electron chi connectivity index (χ2n) is 6.76. The highest BCUT2D eigenvalue weighted by molar-refractivity contribution is 5.97. The monoisotopic (exact) mass is 380 g/mol. The fourth-order valence-corrected chi connectivity index (χ4v) is 3.21. The molecule has 28 heavy (non-hydrogen) atoms. The van der Waals surface area contributed by atoms with Crippen molar-refractivity contribution in [3.05, 3.63) is 65.7 Å². The summed E-state index contributed by atoms with van der Waals surface area (Å²) in [6, 6.07) is 18.1. The maximum Gasteiger partial charge on any atom is 0.229 e. The number of benzene rings is 2. The Morgan fingerprint density at radius 1 is 1.14 bits per heavy atom. The van der Waals surface area contributed by atoms with Crippen LogP contribution in [0, 0.1) is 0 Å². The normalized spacial score (nSPS) is 17.1. The van der Waals surface area contributed by atoms with Gasteiger partial charge < -0.3 is 20.3 Å². The molecule has 1 fully saturated rings. The number of nitrogens with one attached hydrogen (secondary N) is 2. The molecule has 0 saturated carbocycles. The standard InChI is InChI=1S/C22H28N4O2/c1-3-28-16-18-11-9-17(10-12-18)14-24-22(23-2)25-19-13-21(27)26(15-19)20-7-5-4-6-8-20/h4-12,19H,3,13-16H2,1-2H3,(H2,23,24,25). The van der Waals surface area contributed by atoms with Crippen LogP contribution in [-0.4, -0.2) is 38.1 Å². The largest absolute Gasteiger partial charge is 0.377 e. The maximum atomic E-state index is 12.4. The lowest BCUT2D eigenvalue weighted by Crippen LogP contribution is -2.44. The van der Waals surface area contributed by atoms with Gasteiger partial charge in [-0.15, -0.1) is 0 Å². The highest BCUT2D eigenvalue weighted by Crippen LogP contribution is 2.20. The summed E-state index contributed by atoms with van der Waals surface area (Å²) in [6.45, 7) is 4.65. The summed E-state index contributed by atoms with van der Waals surface area (Å²) in [6.07, 6.45) is 0.460. The van der Waals surface area contributed by atoms with Crippen LogP contribution >= 0.6 is 0 Å². The van der Waals surface area contributed by atoms with Crippen LogP contribution in [0.15, 0.2) is 59.6 Å². The third-order valence-corrected chi connectivity index (χ3v) is 4.71. The quantitative estimate of drug-likeness (QED) is 0.573. The predicted octanol–water partition coefficient (Wildman–Crippen LogP) is 2.69. The average molecular weight is 380 g/mol. The van der Waals surface area contributed by atoms with Crippen LogP contribution in [0.1, 0.15) is 24.5 Å². The van der Waals surface area contributed by atoms with Gasteiger partial charge in [0.1, 0.15) is 0 Å².